The van der Waals surface area contributed by atoms with Crippen molar-refractivity contribution in [1.82, 2.24) is 0 Å². The number of rotatable bonds is 39. The Morgan fingerprint density at radius 2 is 0.887 bits per heavy atom. The highest BCUT2D eigenvalue weighted by Crippen LogP contribution is 2.47. The summed E-state index contributed by atoms with van der Waals surface area (Å²) in [6.07, 6.45) is 31.7. The number of hydrogen-bond donors (Lipinski definition) is 6. The van der Waals surface area contributed by atoms with E-state index in [0.29, 0.717) is 19.3 Å². The minimum absolute atomic E-state index is 0.0213. The lowest BCUT2D eigenvalue weighted by atomic mass is 9.85. The van der Waals surface area contributed by atoms with Gasteiger partial charge in [-0.2, -0.15) is 0 Å². The predicted octanol–water partition coefficient (Wildman–Crippen LogP) is 9.56. The Morgan fingerprint density at radius 3 is 1.37 bits per heavy atom. The van der Waals surface area contributed by atoms with Gasteiger partial charge >= 0.3 is 19.8 Å². The van der Waals surface area contributed by atoms with E-state index in [1.807, 2.05) is 12.2 Å². The van der Waals surface area contributed by atoms with Crippen molar-refractivity contribution in [1.29, 1.82) is 0 Å². The van der Waals surface area contributed by atoms with Crippen molar-refractivity contribution >= 4 is 19.8 Å². The first-order valence-corrected chi connectivity index (χ1v) is 25.4. The zero-order valence-electron chi connectivity index (χ0n) is 38.2. The van der Waals surface area contributed by atoms with Crippen LogP contribution < -0.4 is 0 Å². The highest BCUT2D eigenvalue weighted by molar-refractivity contribution is 7.47. The Bertz CT molecular complexity index is 1270. The average Bonchev–Trinajstić information content (AvgIpc) is 3.25. The molecule has 0 saturated heterocycles. The Kier molecular flexibility index (Phi) is 35.5. The van der Waals surface area contributed by atoms with E-state index in [4.69, 9.17) is 18.5 Å². The van der Waals surface area contributed by atoms with Gasteiger partial charge in [-0.25, -0.2) is 4.57 Å². The van der Waals surface area contributed by atoms with Gasteiger partial charge in [0, 0.05) is 12.8 Å². The molecular formula is C48H85O13P. The normalized spacial score (nSPS) is 22.3. The minimum Gasteiger partial charge on any atom is -0.462 e. The van der Waals surface area contributed by atoms with Gasteiger partial charge < -0.3 is 39.9 Å². The van der Waals surface area contributed by atoms with E-state index in [1.165, 1.54) is 96.3 Å². The highest BCUT2D eigenvalue weighted by Gasteiger charge is 2.51. The zero-order valence-corrected chi connectivity index (χ0v) is 39.0. The summed E-state index contributed by atoms with van der Waals surface area (Å²) in [5, 5.41) is 50.2. The predicted molar refractivity (Wildman–Crippen MR) is 244 cm³/mol. The molecule has 0 spiro atoms. The smallest absolute Gasteiger partial charge is 0.462 e. The lowest BCUT2D eigenvalue weighted by Crippen LogP contribution is -2.64. The van der Waals surface area contributed by atoms with Gasteiger partial charge in [0.05, 0.1) is 6.61 Å². The van der Waals surface area contributed by atoms with Crippen LogP contribution >= 0.6 is 7.82 Å². The first-order chi connectivity index (χ1) is 29.9. The average molecular weight is 901 g/mol. The number of carbonyl (C=O) groups excluding carboxylic acids is 2. The molecule has 6 unspecified atom stereocenters. The van der Waals surface area contributed by atoms with Crippen LogP contribution in [-0.2, 0) is 32.7 Å². The third kappa shape index (κ3) is 30.0. The molecule has 13 nitrogen and oxygen atoms in total. The Morgan fingerprint density at radius 1 is 0.500 bits per heavy atom. The van der Waals surface area contributed by atoms with Crippen LogP contribution in [0.5, 0.6) is 0 Å². The summed E-state index contributed by atoms with van der Waals surface area (Å²) in [5.41, 5.74) is 0. The van der Waals surface area contributed by atoms with E-state index >= 15 is 0 Å². The molecule has 0 heterocycles. The van der Waals surface area contributed by atoms with Crippen LogP contribution in [0, 0.1) is 0 Å². The molecule has 8 atom stereocenters. The number of phosphoric ester groups is 1. The summed E-state index contributed by atoms with van der Waals surface area (Å²) >= 11 is 0. The monoisotopic (exact) mass is 901 g/mol. The molecule has 1 saturated carbocycles. The summed E-state index contributed by atoms with van der Waals surface area (Å²) in [6.45, 7) is 3.24. The second-order valence-corrected chi connectivity index (χ2v) is 18.0. The lowest BCUT2D eigenvalue weighted by molar-refractivity contribution is -0.220. The third-order valence-electron chi connectivity index (χ3n) is 10.9. The summed E-state index contributed by atoms with van der Waals surface area (Å²) in [5.74, 6) is -1.16. The quantitative estimate of drug-likeness (QED) is 0.0147. The second kappa shape index (κ2) is 38.1. The van der Waals surface area contributed by atoms with Gasteiger partial charge in [0.2, 0.25) is 0 Å². The number of allylic oxidation sites excluding steroid dienone is 8. The van der Waals surface area contributed by atoms with Gasteiger partial charge in [-0.05, 0) is 51.4 Å². The van der Waals surface area contributed by atoms with Crippen LogP contribution in [0.15, 0.2) is 48.6 Å². The molecule has 6 N–H and O–H groups in total. The van der Waals surface area contributed by atoms with Gasteiger partial charge in [-0.3, -0.25) is 18.6 Å². The molecule has 0 aromatic heterocycles. The summed E-state index contributed by atoms with van der Waals surface area (Å²) < 4.78 is 33.5. The van der Waals surface area contributed by atoms with Gasteiger partial charge in [-0.15, -0.1) is 0 Å². The Balaban J connectivity index is 2.48. The molecule has 1 aliphatic carbocycles. The topological polar surface area (TPSA) is 210 Å². The number of esters is 2. The Labute approximate surface area is 373 Å². The molecule has 0 radical (unpaired) electrons. The molecule has 1 aliphatic rings. The first kappa shape index (κ1) is 57.8. The molecule has 14 heteroatoms. The highest BCUT2D eigenvalue weighted by atomic mass is 31.2. The summed E-state index contributed by atoms with van der Waals surface area (Å²) in [4.78, 5) is 35.7. The van der Waals surface area contributed by atoms with Crippen molar-refractivity contribution in [3.8, 4) is 0 Å². The maximum Gasteiger partial charge on any atom is 0.472 e. The molecule has 1 fully saturated rings. The van der Waals surface area contributed by atoms with Crippen LogP contribution in [0.25, 0.3) is 0 Å². The number of aliphatic hydroxyl groups excluding tert-OH is 5. The van der Waals surface area contributed by atoms with Crippen molar-refractivity contribution in [2.45, 2.75) is 230 Å². The van der Waals surface area contributed by atoms with E-state index in [0.717, 1.165) is 44.9 Å². The maximum atomic E-state index is 12.8. The molecular weight excluding hydrogens is 815 g/mol. The van der Waals surface area contributed by atoms with Gasteiger partial charge in [0.1, 0.15) is 43.2 Å². The van der Waals surface area contributed by atoms with E-state index in [9.17, 15) is 44.6 Å². The van der Waals surface area contributed by atoms with E-state index < -0.39 is 75.7 Å². The van der Waals surface area contributed by atoms with E-state index in [2.05, 4.69) is 50.3 Å². The largest absolute Gasteiger partial charge is 0.472 e. The number of ether oxygens (including phenoxy) is 2. The third-order valence-corrected chi connectivity index (χ3v) is 11.9. The number of unbranched alkanes of at least 4 members (excludes halogenated alkanes) is 19. The summed E-state index contributed by atoms with van der Waals surface area (Å²) in [7, 11) is -5.13. The van der Waals surface area contributed by atoms with Crippen LogP contribution in [-0.4, -0.2) is 98.3 Å². The molecule has 0 aromatic carbocycles. The van der Waals surface area contributed by atoms with Crippen molar-refractivity contribution in [2.75, 3.05) is 13.2 Å². The van der Waals surface area contributed by atoms with Crippen molar-refractivity contribution < 1.29 is 63.1 Å². The second-order valence-electron chi connectivity index (χ2n) is 16.6. The van der Waals surface area contributed by atoms with E-state index in [-0.39, 0.29) is 12.8 Å². The van der Waals surface area contributed by atoms with Crippen LogP contribution in [0.2, 0.25) is 0 Å². The lowest BCUT2D eigenvalue weighted by Gasteiger charge is -2.41. The van der Waals surface area contributed by atoms with Gasteiger partial charge in [-0.1, -0.05) is 172 Å². The number of hydrogen-bond acceptors (Lipinski definition) is 12. The number of phosphoric acid groups is 1. The first-order valence-electron chi connectivity index (χ1n) is 23.9. The molecule has 0 aliphatic heterocycles. The zero-order chi connectivity index (χ0) is 45.7. The van der Waals surface area contributed by atoms with Crippen LogP contribution in [0.1, 0.15) is 187 Å². The fraction of sp³-hybridized carbons (Fsp3) is 0.792. The van der Waals surface area contributed by atoms with Gasteiger partial charge in [0.15, 0.2) is 6.10 Å². The fourth-order valence-corrected chi connectivity index (χ4v) is 8.02. The van der Waals surface area contributed by atoms with Crippen LogP contribution in [0.4, 0.5) is 0 Å². The van der Waals surface area contributed by atoms with Crippen molar-refractivity contribution in [3.05, 3.63) is 48.6 Å². The van der Waals surface area contributed by atoms with Gasteiger partial charge in [0.25, 0.3) is 0 Å². The molecule has 0 bridgehead atoms. The van der Waals surface area contributed by atoms with Crippen LogP contribution in [0.3, 0.4) is 0 Å². The molecule has 1 rings (SSSR count). The fourth-order valence-electron chi connectivity index (χ4n) is 7.04. The van der Waals surface area contributed by atoms with Crippen molar-refractivity contribution in [2.24, 2.45) is 0 Å². The van der Waals surface area contributed by atoms with Crippen molar-refractivity contribution in [3.63, 3.8) is 0 Å². The maximum absolute atomic E-state index is 12.8. The summed E-state index contributed by atoms with van der Waals surface area (Å²) in [6, 6.07) is 0. The molecule has 0 aromatic rings. The molecule has 0 amide bonds. The standard InChI is InChI=1S/C48H85O13P/c1-3-5-7-9-11-13-15-17-19-21-23-25-27-29-31-33-35-37-42(50)60-40(39-59-62(56,57)61-48-46(54)44(52)43(51)45(53)47(48)55)38-58-41(49)36-34-32-30-28-26-24-22-20-18-16-14-12-10-8-6-4-2/h11,13,17,19,23,25,29,31,40,43-48,51-55H,3-10,12,14-16,18,20-22,24,26-28,30,32-39H2,1-2H3,(H,56,57)/b13-11+,19-17+,25-23+,31-29+/t40-,43?,44-,45?,46?,47?,48?/m0/s1. The van der Waals surface area contributed by atoms with E-state index in [1.54, 1.807) is 0 Å². The SMILES string of the molecule is CCCCC/C=C/C/C=C/C/C=C/C/C=C/CCCC(=O)O[C@@H](COC(=O)CCCCCCCCCCCCCCCCCC)COP(=O)(O)OC1C(O)C(O)C(O)[C@H](O)C1O. The number of carbonyl (C=O) groups is 2. The molecule has 62 heavy (non-hydrogen) atoms. The Hall–Kier alpha value is -2.19. The number of aliphatic hydroxyl groups is 5. The minimum atomic E-state index is -5.13. The molecule has 360 valence electrons.